The molecule has 1 saturated heterocycles. The zero-order valence-electron chi connectivity index (χ0n) is 10.3. The van der Waals surface area contributed by atoms with Gasteiger partial charge in [-0.2, -0.15) is 0 Å². The highest BCUT2D eigenvalue weighted by Crippen LogP contribution is 2.68. The molecule has 3 fully saturated rings. The SMILES string of the molecule is CCOC(=O)[C@@]12C[C@@H]1[C@@H](O)[C@H]1OC(C)(C)O[C@H]12. The highest BCUT2D eigenvalue weighted by atomic mass is 16.8. The molecule has 0 aromatic heterocycles. The predicted octanol–water partition coefficient (Wildman–Crippen LogP) is 0.450. The molecule has 17 heavy (non-hydrogen) atoms. The van der Waals surface area contributed by atoms with Crippen LogP contribution in [0.2, 0.25) is 0 Å². The zero-order chi connectivity index (χ0) is 12.4. The van der Waals surface area contributed by atoms with Crippen molar-refractivity contribution < 1.29 is 24.1 Å². The molecule has 0 aromatic rings. The normalized spacial score (nSPS) is 49.6. The van der Waals surface area contributed by atoms with Gasteiger partial charge in [0.25, 0.3) is 0 Å². The van der Waals surface area contributed by atoms with Crippen LogP contribution < -0.4 is 0 Å². The molecule has 5 nitrogen and oxygen atoms in total. The third kappa shape index (κ3) is 1.33. The van der Waals surface area contributed by atoms with Gasteiger partial charge < -0.3 is 19.3 Å². The summed E-state index contributed by atoms with van der Waals surface area (Å²) in [6.45, 7) is 5.73. The molecule has 0 amide bonds. The van der Waals surface area contributed by atoms with Gasteiger partial charge >= 0.3 is 5.97 Å². The lowest BCUT2D eigenvalue weighted by atomic mass is 10.00. The van der Waals surface area contributed by atoms with Crippen LogP contribution in [0.3, 0.4) is 0 Å². The van der Waals surface area contributed by atoms with E-state index in [0.717, 1.165) is 0 Å². The van der Waals surface area contributed by atoms with Crippen LogP contribution in [0.5, 0.6) is 0 Å². The molecule has 5 atom stereocenters. The molecular weight excluding hydrogens is 224 g/mol. The van der Waals surface area contributed by atoms with Crippen molar-refractivity contribution in [1.82, 2.24) is 0 Å². The number of fused-ring (bicyclic) bond motifs is 3. The first kappa shape index (κ1) is 11.4. The molecule has 96 valence electrons. The summed E-state index contributed by atoms with van der Waals surface area (Å²) >= 11 is 0. The number of ether oxygens (including phenoxy) is 3. The van der Waals surface area contributed by atoms with E-state index in [0.29, 0.717) is 13.0 Å². The van der Waals surface area contributed by atoms with E-state index in [4.69, 9.17) is 14.2 Å². The largest absolute Gasteiger partial charge is 0.465 e. The van der Waals surface area contributed by atoms with Crippen molar-refractivity contribution in [2.24, 2.45) is 11.3 Å². The Morgan fingerprint density at radius 1 is 1.47 bits per heavy atom. The van der Waals surface area contributed by atoms with E-state index in [1.54, 1.807) is 20.8 Å². The Labute approximate surface area is 100 Å². The molecule has 0 unspecified atom stereocenters. The lowest BCUT2D eigenvalue weighted by Gasteiger charge is -2.21. The van der Waals surface area contributed by atoms with Gasteiger partial charge in [0.15, 0.2) is 5.79 Å². The minimum absolute atomic E-state index is 0.0624. The van der Waals surface area contributed by atoms with Crippen LogP contribution in [0.25, 0.3) is 0 Å². The van der Waals surface area contributed by atoms with Crippen LogP contribution in [-0.2, 0) is 19.0 Å². The molecule has 2 saturated carbocycles. The average molecular weight is 242 g/mol. The maximum atomic E-state index is 12.0. The number of carbonyl (C=O) groups is 1. The molecule has 0 radical (unpaired) electrons. The first-order valence-corrected chi connectivity index (χ1v) is 6.13. The molecule has 1 heterocycles. The minimum Gasteiger partial charge on any atom is -0.465 e. The van der Waals surface area contributed by atoms with Gasteiger partial charge in [0.2, 0.25) is 0 Å². The lowest BCUT2D eigenvalue weighted by Crippen LogP contribution is -2.37. The molecule has 0 bridgehead atoms. The Kier molecular flexibility index (Phi) is 2.16. The summed E-state index contributed by atoms with van der Waals surface area (Å²) in [6, 6.07) is 0. The van der Waals surface area contributed by atoms with Crippen molar-refractivity contribution in [1.29, 1.82) is 0 Å². The third-order valence-electron chi connectivity index (χ3n) is 4.10. The quantitative estimate of drug-likeness (QED) is 0.712. The Bertz CT molecular complexity index is 366. The van der Waals surface area contributed by atoms with Gasteiger partial charge in [0.1, 0.15) is 17.6 Å². The number of rotatable bonds is 2. The summed E-state index contributed by atoms with van der Waals surface area (Å²) in [6.07, 6.45) is -0.732. The standard InChI is InChI=1S/C12H18O5/c1-4-15-10(14)12-5-6(12)7(13)8-9(12)17-11(2,3)16-8/h6-9,13H,4-5H2,1-3H3/t6-,7-,8-,9-,12+/m1/s1. The summed E-state index contributed by atoms with van der Waals surface area (Å²) in [5.41, 5.74) is -0.659. The van der Waals surface area contributed by atoms with Gasteiger partial charge in [0.05, 0.1) is 12.7 Å². The van der Waals surface area contributed by atoms with E-state index >= 15 is 0 Å². The van der Waals surface area contributed by atoms with Gasteiger partial charge in [-0.1, -0.05) is 0 Å². The van der Waals surface area contributed by atoms with E-state index in [9.17, 15) is 9.90 Å². The number of esters is 1. The Morgan fingerprint density at radius 3 is 2.82 bits per heavy atom. The topological polar surface area (TPSA) is 65.0 Å². The van der Waals surface area contributed by atoms with Crippen LogP contribution in [-0.4, -0.2) is 41.8 Å². The summed E-state index contributed by atoms with van der Waals surface area (Å²) in [5, 5.41) is 10.1. The summed E-state index contributed by atoms with van der Waals surface area (Å²) in [4.78, 5) is 12.0. The predicted molar refractivity (Wildman–Crippen MR) is 57.0 cm³/mol. The second-order valence-corrected chi connectivity index (χ2v) is 5.58. The van der Waals surface area contributed by atoms with Crippen molar-refractivity contribution in [2.75, 3.05) is 6.61 Å². The lowest BCUT2D eigenvalue weighted by molar-refractivity contribution is -0.176. The van der Waals surface area contributed by atoms with E-state index in [-0.39, 0.29) is 18.0 Å². The monoisotopic (exact) mass is 242 g/mol. The Morgan fingerprint density at radius 2 is 2.18 bits per heavy atom. The fourth-order valence-corrected chi connectivity index (χ4v) is 3.34. The minimum atomic E-state index is -0.733. The third-order valence-corrected chi connectivity index (χ3v) is 4.10. The second-order valence-electron chi connectivity index (χ2n) is 5.58. The van der Waals surface area contributed by atoms with Gasteiger partial charge in [-0.15, -0.1) is 0 Å². The van der Waals surface area contributed by atoms with Gasteiger partial charge in [0, 0.05) is 5.92 Å². The van der Waals surface area contributed by atoms with Crippen LogP contribution in [0.4, 0.5) is 0 Å². The van der Waals surface area contributed by atoms with E-state index in [2.05, 4.69) is 0 Å². The van der Waals surface area contributed by atoms with E-state index in [1.165, 1.54) is 0 Å². The fourth-order valence-electron chi connectivity index (χ4n) is 3.34. The number of hydrogen-bond acceptors (Lipinski definition) is 5. The first-order valence-electron chi connectivity index (χ1n) is 6.13. The highest BCUT2D eigenvalue weighted by molar-refractivity contribution is 5.83. The highest BCUT2D eigenvalue weighted by Gasteiger charge is 2.79. The molecule has 2 aliphatic carbocycles. The van der Waals surface area contributed by atoms with Crippen molar-refractivity contribution in [3.05, 3.63) is 0 Å². The van der Waals surface area contributed by atoms with E-state index in [1.807, 2.05) is 0 Å². The zero-order valence-corrected chi connectivity index (χ0v) is 10.3. The average Bonchev–Trinajstić information content (AvgIpc) is 2.85. The van der Waals surface area contributed by atoms with Crippen LogP contribution in [0, 0.1) is 11.3 Å². The van der Waals surface area contributed by atoms with Crippen molar-refractivity contribution in [2.45, 2.75) is 51.3 Å². The Balaban J connectivity index is 1.87. The van der Waals surface area contributed by atoms with Crippen LogP contribution in [0.15, 0.2) is 0 Å². The van der Waals surface area contributed by atoms with E-state index < -0.39 is 23.4 Å². The number of carbonyl (C=O) groups excluding carboxylic acids is 1. The first-order chi connectivity index (χ1) is 7.92. The summed E-state index contributed by atoms with van der Waals surface area (Å²) in [5.74, 6) is -1.05. The molecule has 3 aliphatic rings. The maximum Gasteiger partial charge on any atom is 0.315 e. The molecule has 1 aliphatic heterocycles. The van der Waals surface area contributed by atoms with Crippen molar-refractivity contribution in [3.8, 4) is 0 Å². The molecule has 1 N–H and O–H groups in total. The molecule has 0 aromatic carbocycles. The Hall–Kier alpha value is -0.650. The van der Waals surface area contributed by atoms with Crippen molar-refractivity contribution in [3.63, 3.8) is 0 Å². The molecule has 3 rings (SSSR count). The van der Waals surface area contributed by atoms with Gasteiger partial charge in [-0.25, -0.2) is 0 Å². The summed E-state index contributed by atoms with van der Waals surface area (Å²) in [7, 11) is 0. The number of hydrogen-bond donors (Lipinski definition) is 1. The van der Waals surface area contributed by atoms with Crippen molar-refractivity contribution >= 4 is 5.97 Å². The molecule has 0 spiro atoms. The van der Waals surface area contributed by atoms with Crippen LogP contribution >= 0.6 is 0 Å². The maximum absolute atomic E-state index is 12.0. The van der Waals surface area contributed by atoms with Gasteiger partial charge in [-0.05, 0) is 27.2 Å². The number of aliphatic hydroxyl groups is 1. The number of aliphatic hydroxyl groups excluding tert-OH is 1. The fraction of sp³-hybridized carbons (Fsp3) is 0.917. The smallest absolute Gasteiger partial charge is 0.315 e. The molecule has 5 heteroatoms. The van der Waals surface area contributed by atoms with Crippen LogP contribution in [0.1, 0.15) is 27.2 Å². The molecular formula is C12H18O5. The second kappa shape index (κ2) is 3.22. The summed E-state index contributed by atoms with van der Waals surface area (Å²) < 4.78 is 16.6. The van der Waals surface area contributed by atoms with Gasteiger partial charge in [-0.3, -0.25) is 4.79 Å².